The second-order valence-corrected chi connectivity index (χ2v) is 7.09. The molecule has 0 aromatic heterocycles. The molecule has 1 saturated heterocycles. The molecule has 1 spiro atoms. The fraction of sp³-hybridized carbons (Fsp3) is 0.800. The molecular weight excluding hydrogens is 272 g/mol. The van der Waals surface area contributed by atoms with Crippen molar-refractivity contribution < 1.29 is 9.59 Å². The van der Waals surface area contributed by atoms with E-state index in [-0.39, 0.29) is 11.8 Å². The summed E-state index contributed by atoms with van der Waals surface area (Å²) in [6.45, 7) is 0. The third kappa shape index (κ3) is 1.82. The molecular formula is C15H22N2O2S. The third-order valence-corrected chi connectivity index (χ3v) is 5.90. The number of likely N-dealkylation sites (tertiary alicyclic amines) is 1. The summed E-state index contributed by atoms with van der Waals surface area (Å²) in [7, 11) is 0. The van der Waals surface area contributed by atoms with Gasteiger partial charge in [0, 0.05) is 6.42 Å². The standard InChI is InChI=1S/C15H22N2O2S/c16-12(20)15(8-2-1-3-9-15)17-11(18)10-14(13(17)19)6-4-5-7-14/h1-10H2,(H2,16,20). The van der Waals surface area contributed by atoms with Crippen LogP contribution in [0.25, 0.3) is 0 Å². The van der Waals surface area contributed by atoms with Crippen LogP contribution in [0.2, 0.25) is 0 Å². The molecule has 0 aromatic carbocycles. The van der Waals surface area contributed by atoms with Crippen molar-refractivity contribution in [3.05, 3.63) is 0 Å². The monoisotopic (exact) mass is 294 g/mol. The van der Waals surface area contributed by atoms with Gasteiger partial charge < -0.3 is 5.73 Å². The van der Waals surface area contributed by atoms with E-state index in [1.807, 2.05) is 0 Å². The van der Waals surface area contributed by atoms with Crippen LogP contribution in [0.3, 0.4) is 0 Å². The fourth-order valence-corrected chi connectivity index (χ4v) is 4.68. The van der Waals surface area contributed by atoms with Gasteiger partial charge in [-0.1, -0.05) is 44.3 Å². The van der Waals surface area contributed by atoms with Gasteiger partial charge in [-0.05, 0) is 25.7 Å². The van der Waals surface area contributed by atoms with Crippen LogP contribution in [-0.4, -0.2) is 27.2 Å². The molecule has 0 radical (unpaired) electrons. The highest BCUT2D eigenvalue weighted by Gasteiger charge is 2.59. The van der Waals surface area contributed by atoms with Crippen molar-refractivity contribution in [3.63, 3.8) is 0 Å². The van der Waals surface area contributed by atoms with Crippen molar-refractivity contribution in [1.82, 2.24) is 4.90 Å². The fourth-order valence-electron chi connectivity index (χ4n) is 4.39. The minimum Gasteiger partial charge on any atom is -0.391 e. The molecule has 2 N–H and O–H groups in total. The Hall–Kier alpha value is -0.970. The molecule has 1 heterocycles. The molecule has 0 bridgehead atoms. The molecule has 3 fully saturated rings. The zero-order chi connectivity index (χ0) is 14.4. The molecule has 4 nitrogen and oxygen atoms in total. The number of nitrogens with zero attached hydrogens (tertiary/aromatic N) is 1. The summed E-state index contributed by atoms with van der Waals surface area (Å²) < 4.78 is 0. The van der Waals surface area contributed by atoms with Crippen LogP contribution in [-0.2, 0) is 9.59 Å². The molecule has 3 aliphatic rings. The lowest BCUT2D eigenvalue weighted by atomic mass is 9.79. The Labute approximate surface area is 125 Å². The zero-order valence-electron chi connectivity index (χ0n) is 11.8. The van der Waals surface area contributed by atoms with E-state index in [0.717, 1.165) is 57.8 Å². The second kappa shape index (κ2) is 4.79. The lowest BCUT2D eigenvalue weighted by Gasteiger charge is -2.43. The summed E-state index contributed by atoms with van der Waals surface area (Å²) >= 11 is 5.26. The molecule has 5 heteroatoms. The first-order valence-electron chi connectivity index (χ1n) is 7.69. The lowest BCUT2D eigenvalue weighted by Crippen LogP contribution is -2.60. The van der Waals surface area contributed by atoms with E-state index in [1.165, 1.54) is 4.90 Å². The number of rotatable bonds is 2. The largest absolute Gasteiger partial charge is 0.391 e. The van der Waals surface area contributed by atoms with E-state index in [1.54, 1.807) is 0 Å². The summed E-state index contributed by atoms with van der Waals surface area (Å²) in [5.41, 5.74) is 4.88. The van der Waals surface area contributed by atoms with Gasteiger partial charge >= 0.3 is 0 Å². The Morgan fingerprint density at radius 3 is 2.10 bits per heavy atom. The molecule has 2 aliphatic carbocycles. The van der Waals surface area contributed by atoms with Crippen LogP contribution < -0.4 is 5.73 Å². The number of hydrogen-bond donors (Lipinski definition) is 1. The summed E-state index contributed by atoms with van der Waals surface area (Å²) in [4.78, 5) is 27.3. The van der Waals surface area contributed by atoms with E-state index in [0.29, 0.717) is 11.4 Å². The smallest absolute Gasteiger partial charge is 0.236 e. The zero-order valence-corrected chi connectivity index (χ0v) is 12.6. The van der Waals surface area contributed by atoms with Crippen molar-refractivity contribution in [2.75, 3.05) is 0 Å². The van der Waals surface area contributed by atoms with Crippen LogP contribution in [0.1, 0.15) is 64.2 Å². The number of thiocarbonyl (C=S) groups is 1. The Balaban J connectivity index is 1.97. The van der Waals surface area contributed by atoms with Crippen molar-refractivity contribution in [2.24, 2.45) is 11.1 Å². The molecule has 20 heavy (non-hydrogen) atoms. The first-order valence-corrected chi connectivity index (χ1v) is 8.10. The number of nitrogens with two attached hydrogens (primary N) is 1. The molecule has 3 rings (SSSR count). The highest BCUT2D eigenvalue weighted by atomic mass is 32.1. The van der Waals surface area contributed by atoms with Crippen molar-refractivity contribution in [1.29, 1.82) is 0 Å². The maximum absolute atomic E-state index is 12.9. The van der Waals surface area contributed by atoms with Crippen LogP contribution in [0.15, 0.2) is 0 Å². The number of hydrogen-bond acceptors (Lipinski definition) is 3. The Bertz CT molecular complexity index is 462. The third-order valence-electron chi connectivity index (χ3n) is 5.52. The highest BCUT2D eigenvalue weighted by molar-refractivity contribution is 7.80. The van der Waals surface area contributed by atoms with Gasteiger partial charge in [0.05, 0.1) is 10.4 Å². The topological polar surface area (TPSA) is 63.4 Å². The number of imide groups is 1. The number of carbonyl (C=O) groups is 2. The maximum Gasteiger partial charge on any atom is 0.236 e. The Kier molecular flexibility index (Phi) is 3.35. The second-order valence-electron chi connectivity index (χ2n) is 6.66. The normalized spacial score (nSPS) is 28.3. The maximum atomic E-state index is 12.9. The van der Waals surface area contributed by atoms with Crippen LogP contribution in [0, 0.1) is 5.41 Å². The molecule has 2 amide bonds. The molecule has 2 saturated carbocycles. The van der Waals surface area contributed by atoms with Gasteiger partial charge in [-0.25, -0.2) is 0 Å². The summed E-state index contributed by atoms with van der Waals surface area (Å²) in [5, 5.41) is 0. The van der Waals surface area contributed by atoms with E-state index >= 15 is 0 Å². The molecule has 1 aliphatic heterocycles. The van der Waals surface area contributed by atoms with Gasteiger partial charge in [0.15, 0.2) is 0 Å². The van der Waals surface area contributed by atoms with E-state index in [2.05, 4.69) is 0 Å². The molecule has 0 aromatic rings. The van der Waals surface area contributed by atoms with Crippen molar-refractivity contribution >= 4 is 29.0 Å². The Morgan fingerprint density at radius 2 is 1.55 bits per heavy atom. The van der Waals surface area contributed by atoms with Crippen LogP contribution in [0.4, 0.5) is 0 Å². The van der Waals surface area contributed by atoms with E-state index in [4.69, 9.17) is 18.0 Å². The first-order chi connectivity index (χ1) is 9.52. The van der Waals surface area contributed by atoms with Crippen LogP contribution in [0.5, 0.6) is 0 Å². The average molecular weight is 294 g/mol. The predicted octanol–water partition coefficient (Wildman–Crippen LogP) is 2.29. The minimum atomic E-state index is -0.673. The average Bonchev–Trinajstić information content (AvgIpc) is 2.98. The van der Waals surface area contributed by atoms with E-state index < -0.39 is 11.0 Å². The summed E-state index contributed by atoms with van der Waals surface area (Å²) in [6.07, 6.45) is 8.76. The number of carbonyl (C=O) groups excluding carboxylic acids is 2. The SMILES string of the molecule is NC(=S)C1(N2C(=O)CC3(CCCC3)C2=O)CCCCC1. The van der Waals surface area contributed by atoms with Gasteiger partial charge in [0.25, 0.3) is 0 Å². The Morgan fingerprint density at radius 1 is 1.00 bits per heavy atom. The molecule has 110 valence electrons. The minimum absolute atomic E-state index is 0.00898. The van der Waals surface area contributed by atoms with Crippen molar-refractivity contribution in [2.45, 2.75) is 69.7 Å². The van der Waals surface area contributed by atoms with Gasteiger partial charge in [-0.3, -0.25) is 14.5 Å². The number of amides is 2. The van der Waals surface area contributed by atoms with Gasteiger partial charge in [0.2, 0.25) is 11.8 Å². The molecule has 0 atom stereocenters. The van der Waals surface area contributed by atoms with E-state index in [9.17, 15) is 9.59 Å². The van der Waals surface area contributed by atoms with Crippen molar-refractivity contribution in [3.8, 4) is 0 Å². The van der Waals surface area contributed by atoms with Gasteiger partial charge in [0.1, 0.15) is 5.54 Å². The van der Waals surface area contributed by atoms with Gasteiger partial charge in [-0.15, -0.1) is 0 Å². The van der Waals surface area contributed by atoms with Crippen LogP contribution >= 0.6 is 12.2 Å². The molecule has 0 unspecified atom stereocenters. The quantitative estimate of drug-likeness (QED) is 0.627. The van der Waals surface area contributed by atoms with Gasteiger partial charge in [-0.2, -0.15) is 0 Å². The highest BCUT2D eigenvalue weighted by Crippen LogP contribution is 2.50. The lowest BCUT2D eigenvalue weighted by molar-refractivity contribution is -0.147. The summed E-state index contributed by atoms with van der Waals surface area (Å²) in [5.74, 6) is -0.0405. The first kappa shape index (κ1) is 14.0. The predicted molar refractivity (Wildman–Crippen MR) is 80.0 cm³/mol. The summed E-state index contributed by atoms with van der Waals surface area (Å²) in [6, 6.07) is 0.